The number of rotatable bonds is 6. The van der Waals surface area contributed by atoms with E-state index in [0.717, 1.165) is 18.6 Å². The van der Waals surface area contributed by atoms with Crippen molar-refractivity contribution in [3.63, 3.8) is 0 Å². The van der Waals surface area contributed by atoms with Gasteiger partial charge in [0.2, 0.25) is 0 Å². The molecule has 3 nitrogen and oxygen atoms in total. The van der Waals surface area contributed by atoms with E-state index in [0.29, 0.717) is 6.61 Å². The number of nitrogens with one attached hydrogen (secondary N) is 1. The average molecular weight is 234 g/mol. The lowest BCUT2D eigenvalue weighted by Gasteiger charge is -2.23. The maximum absolute atomic E-state index is 7.48. The van der Waals surface area contributed by atoms with Crippen molar-refractivity contribution in [1.82, 2.24) is 0 Å². The second-order valence-corrected chi connectivity index (χ2v) is 4.86. The van der Waals surface area contributed by atoms with Gasteiger partial charge in [0.1, 0.15) is 5.75 Å². The van der Waals surface area contributed by atoms with Crippen LogP contribution in [0.5, 0.6) is 5.75 Å². The Kier molecular flexibility index (Phi) is 4.55. The number of hydrogen-bond acceptors (Lipinski definition) is 2. The Morgan fingerprint density at radius 2 is 2.00 bits per heavy atom. The van der Waals surface area contributed by atoms with Gasteiger partial charge in [-0.15, -0.1) is 0 Å². The molecule has 0 spiro atoms. The highest BCUT2D eigenvalue weighted by Gasteiger charge is 2.21. The predicted octanol–water partition coefficient (Wildman–Crippen LogP) is 2.98. The summed E-state index contributed by atoms with van der Waals surface area (Å²) in [7, 11) is 0. The predicted molar refractivity (Wildman–Crippen MR) is 71.6 cm³/mol. The molecule has 0 radical (unpaired) electrons. The van der Waals surface area contributed by atoms with Crippen molar-refractivity contribution < 1.29 is 4.74 Å². The Hall–Kier alpha value is -1.51. The van der Waals surface area contributed by atoms with Gasteiger partial charge >= 0.3 is 0 Å². The molecule has 0 atom stereocenters. The van der Waals surface area contributed by atoms with Gasteiger partial charge in [-0.2, -0.15) is 0 Å². The molecule has 0 fully saturated rings. The van der Waals surface area contributed by atoms with Gasteiger partial charge in [-0.1, -0.05) is 39.0 Å². The number of ether oxygens (including phenoxy) is 1. The van der Waals surface area contributed by atoms with Crippen LogP contribution in [0.4, 0.5) is 0 Å². The Balaban J connectivity index is 2.54. The first kappa shape index (κ1) is 13.6. The number of nitrogens with two attached hydrogens (primary N) is 1. The molecule has 3 N–H and O–H groups in total. The van der Waals surface area contributed by atoms with Gasteiger partial charge in [0.05, 0.1) is 12.4 Å². The van der Waals surface area contributed by atoms with Gasteiger partial charge in [-0.25, -0.2) is 0 Å². The molecule has 0 heterocycles. The van der Waals surface area contributed by atoms with Crippen molar-refractivity contribution in [2.24, 2.45) is 11.1 Å². The van der Waals surface area contributed by atoms with Gasteiger partial charge in [-0.05, 0) is 24.5 Å². The molecule has 1 aromatic rings. The second kappa shape index (κ2) is 5.71. The molecule has 3 heteroatoms. The summed E-state index contributed by atoms with van der Waals surface area (Å²) in [6, 6.07) is 8.06. The lowest BCUT2D eigenvalue weighted by Crippen LogP contribution is -2.32. The van der Waals surface area contributed by atoms with Crippen molar-refractivity contribution >= 4 is 5.84 Å². The molecule has 0 saturated carbocycles. The standard InChI is InChI=1S/C14H22N2O/c1-4-11-7-5-6-8-12(11)17-10-9-14(2,3)13(15)16/h5-8H,4,9-10H2,1-3H3,(H3,15,16). The summed E-state index contributed by atoms with van der Waals surface area (Å²) in [4.78, 5) is 0. The minimum absolute atomic E-state index is 0.213. The first-order valence-electron chi connectivity index (χ1n) is 6.02. The summed E-state index contributed by atoms with van der Waals surface area (Å²) < 4.78 is 5.76. The van der Waals surface area contributed by atoms with Crippen LogP contribution in [0.1, 0.15) is 32.8 Å². The summed E-state index contributed by atoms with van der Waals surface area (Å²) >= 11 is 0. The quantitative estimate of drug-likeness (QED) is 0.587. The molecule has 0 aliphatic heterocycles. The average Bonchev–Trinajstić information content (AvgIpc) is 2.29. The minimum atomic E-state index is -0.291. The Labute approximate surface area is 103 Å². The minimum Gasteiger partial charge on any atom is -0.493 e. The fourth-order valence-corrected chi connectivity index (χ4v) is 1.49. The van der Waals surface area contributed by atoms with Crippen molar-refractivity contribution in [2.45, 2.75) is 33.6 Å². The maximum atomic E-state index is 7.48. The summed E-state index contributed by atoms with van der Waals surface area (Å²) in [5, 5.41) is 7.48. The summed E-state index contributed by atoms with van der Waals surface area (Å²) in [6.07, 6.45) is 1.71. The van der Waals surface area contributed by atoms with Gasteiger partial charge < -0.3 is 10.5 Å². The normalized spacial score (nSPS) is 11.2. The van der Waals surface area contributed by atoms with Crippen LogP contribution >= 0.6 is 0 Å². The van der Waals surface area contributed by atoms with Crippen LogP contribution in [0.15, 0.2) is 24.3 Å². The highest BCUT2D eigenvalue weighted by Crippen LogP contribution is 2.22. The maximum Gasteiger partial charge on any atom is 0.122 e. The molecule has 0 saturated heterocycles. The highest BCUT2D eigenvalue weighted by atomic mass is 16.5. The molecular weight excluding hydrogens is 212 g/mol. The van der Waals surface area contributed by atoms with E-state index in [9.17, 15) is 0 Å². The number of benzene rings is 1. The van der Waals surface area contributed by atoms with Crippen LogP contribution in [0.2, 0.25) is 0 Å². The van der Waals surface area contributed by atoms with Crippen LogP contribution in [0.25, 0.3) is 0 Å². The number of amidine groups is 1. The molecule has 1 rings (SSSR count). The van der Waals surface area contributed by atoms with E-state index in [1.807, 2.05) is 32.0 Å². The molecule has 0 amide bonds. The smallest absolute Gasteiger partial charge is 0.122 e. The van der Waals surface area contributed by atoms with Gasteiger partial charge in [0.15, 0.2) is 0 Å². The lowest BCUT2D eigenvalue weighted by atomic mass is 9.88. The molecular formula is C14H22N2O. The van der Waals surface area contributed by atoms with Gasteiger partial charge in [-0.3, -0.25) is 5.41 Å². The van der Waals surface area contributed by atoms with E-state index in [1.54, 1.807) is 0 Å². The van der Waals surface area contributed by atoms with E-state index in [4.69, 9.17) is 15.9 Å². The molecule has 94 valence electrons. The van der Waals surface area contributed by atoms with Crippen molar-refractivity contribution in [1.29, 1.82) is 5.41 Å². The molecule has 0 bridgehead atoms. The monoisotopic (exact) mass is 234 g/mol. The fourth-order valence-electron chi connectivity index (χ4n) is 1.49. The largest absolute Gasteiger partial charge is 0.493 e. The van der Waals surface area contributed by atoms with Gasteiger partial charge in [0, 0.05) is 5.41 Å². The lowest BCUT2D eigenvalue weighted by molar-refractivity contribution is 0.266. The third-order valence-corrected chi connectivity index (χ3v) is 3.07. The summed E-state index contributed by atoms with van der Waals surface area (Å²) in [5.74, 6) is 1.15. The van der Waals surface area contributed by atoms with Crippen molar-refractivity contribution in [2.75, 3.05) is 6.61 Å². The van der Waals surface area contributed by atoms with E-state index < -0.39 is 0 Å². The van der Waals surface area contributed by atoms with E-state index in [2.05, 4.69) is 13.0 Å². The van der Waals surface area contributed by atoms with Gasteiger partial charge in [0.25, 0.3) is 0 Å². The van der Waals surface area contributed by atoms with Crippen molar-refractivity contribution in [3.05, 3.63) is 29.8 Å². The summed E-state index contributed by atoms with van der Waals surface area (Å²) in [5.41, 5.74) is 6.46. The van der Waals surface area contributed by atoms with Crippen LogP contribution in [-0.4, -0.2) is 12.4 Å². The third-order valence-electron chi connectivity index (χ3n) is 3.07. The highest BCUT2D eigenvalue weighted by molar-refractivity contribution is 5.82. The molecule has 0 unspecified atom stereocenters. The Bertz CT molecular complexity index is 386. The van der Waals surface area contributed by atoms with Crippen LogP contribution in [0, 0.1) is 10.8 Å². The Morgan fingerprint density at radius 1 is 1.35 bits per heavy atom. The zero-order chi connectivity index (χ0) is 12.9. The Morgan fingerprint density at radius 3 is 2.59 bits per heavy atom. The first-order valence-corrected chi connectivity index (χ1v) is 6.02. The number of para-hydroxylation sites is 1. The number of hydrogen-bond donors (Lipinski definition) is 2. The molecule has 0 aromatic heterocycles. The third kappa shape index (κ3) is 3.77. The van der Waals surface area contributed by atoms with Crippen LogP contribution in [-0.2, 0) is 6.42 Å². The number of aryl methyl sites for hydroxylation is 1. The SMILES string of the molecule is CCc1ccccc1OCCC(C)(C)C(=N)N. The zero-order valence-electron chi connectivity index (χ0n) is 10.9. The van der Waals surface area contributed by atoms with Crippen LogP contribution in [0.3, 0.4) is 0 Å². The molecule has 0 aliphatic rings. The fraction of sp³-hybridized carbons (Fsp3) is 0.500. The van der Waals surface area contributed by atoms with E-state index in [1.165, 1.54) is 5.56 Å². The second-order valence-electron chi connectivity index (χ2n) is 4.86. The van der Waals surface area contributed by atoms with E-state index >= 15 is 0 Å². The molecule has 17 heavy (non-hydrogen) atoms. The van der Waals surface area contributed by atoms with E-state index in [-0.39, 0.29) is 11.3 Å². The van der Waals surface area contributed by atoms with Crippen molar-refractivity contribution in [3.8, 4) is 5.75 Å². The van der Waals surface area contributed by atoms with Crippen LogP contribution < -0.4 is 10.5 Å². The molecule has 0 aliphatic carbocycles. The molecule has 1 aromatic carbocycles. The summed E-state index contributed by atoms with van der Waals surface area (Å²) in [6.45, 7) is 6.63. The topological polar surface area (TPSA) is 59.1 Å². The zero-order valence-corrected chi connectivity index (χ0v) is 10.9. The first-order chi connectivity index (χ1) is 7.97.